The fraction of sp³-hybridized carbons (Fsp3) is 0.381. The van der Waals surface area contributed by atoms with Gasteiger partial charge in [-0.1, -0.05) is 30.3 Å². The van der Waals surface area contributed by atoms with Gasteiger partial charge < -0.3 is 9.80 Å². The number of halogens is 1. The van der Waals surface area contributed by atoms with Gasteiger partial charge in [0.15, 0.2) is 0 Å². The molecule has 0 aromatic heterocycles. The van der Waals surface area contributed by atoms with Crippen LogP contribution in [0.1, 0.15) is 18.4 Å². The van der Waals surface area contributed by atoms with E-state index < -0.39 is 10.0 Å². The topological polar surface area (TPSA) is 60.9 Å². The molecule has 2 aromatic carbocycles. The summed E-state index contributed by atoms with van der Waals surface area (Å²) in [6.07, 6.45) is 1.25. The molecular formula is C21H24FN3O3S. The van der Waals surface area contributed by atoms with Gasteiger partial charge in [0.05, 0.1) is 4.90 Å². The van der Waals surface area contributed by atoms with E-state index >= 15 is 0 Å². The molecule has 0 radical (unpaired) electrons. The Bertz CT molecular complexity index is 958. The summed E-state index contributed by atoms with van der Waals surface area (Å²) in [4.78, 5) is 16.7. The van der Waals surface area contributed by atoms with Gasteiger partial charge >= 0.3 is 6.03 Å². The second kappa shape index (κ2) is 8.12. The summed E-state index contributed by atoms with van der Waals surface area (Å²) < 4.78 is 40.1. The molecule has 0 N–H and O–H groups in total. The highest BCUT2D eigenvalue weighted by molar-refractivity contribution is 7.89. The maximum atomic E-state index is 13.1. The van der Waals surface area contributed by atoms with Crippen molar-refractivity contribution >= 4 is 16.1 Å². The Hall–Kier alpha value is -2.45. The molecule has 0 bridgehead atoms. The number of urea groups is 1. The molecule has 29 heavy (non-hydrogen) atoms. The van der Waals surface area contributed by atoms with E-state index in [1.807, 2.05) is 4.90 Å². The second-order valence-corrected chi connectivity index (χ2v) is 9.41. The number of carbonyl (C=O) groups excluding carboxylic acids is 1. The Morgan fingerprint density at radius 3 is 2.21 bits per heavy atom. The van der Waals surface area contributed by atoms with Crippen LogP contribution in [0.4, 0.5) is 9.18 Å². The molecule has 2 aliphatic heterocycles. The number of amides is 2. The Morgan fingerprint density at radius 1 is 0.897 bits per heavy atom. The number of piperidine rings is 1. The van der Waals surface area contributed by atoms with Crippen molar-refractivity contribution in [2.75, 3.05) is 26.2 Å². The molecule has 2 aromatic rings. The molecule has 0 atom stereocenters. The zero-order chi connectivity index (χ0) is 20.4. The summed E-state index contributed by atoms with van der Waals surface area (Å²) in [5.41, 5.74) is 0.894. The first-order valence-corrected chi connectivity index (χ1v) is 11.2. The van der Waals surface area contributed by atoms with Crippen molar-refractivity contribution in [3.05, 3.63) is 66.0 Å². The molecule has 2 amide bonds. The number of carbonyl (C=O) groups is 1. The van der Waals surface area contributed by atoms with Gasteiger partial charge in [-0.3, -0.25) is 0 Å². The third-order valence-electron chi connectivity index (χ3n) is 5.66. The van der Waals surface area contributed by atoms with Gasteiger partial charge in [0.25, 0.3) is 0 Å². The summed E-state index contributed by atoms with van der Waals surface area (Å²) in [7, 11) is -3.49. The highest BCUT2D eigenvalue weighted by Gasteiger charge is 2.37. The van der Waals surface area contributed by atoms with Gasteiger partial charge in [-0.2, -0.15) is 4.31 Å². The van der Waals surface area contributed by atoms with Crippen LogP contribution in [0.25, 0.3) is 0 Å². The van der Waals surface area contributed by atoms with E-state index in [4.69, 9.17) is 0 Å². The van der Waals surface area contributed by atoms with Crippen LogP contribution in [0.15, 0.2) is 59.5 Å². The first kappa shape index (κ1) is 19.8. The summed E-state index contributed by atoms with van der Waals surface area (Å²) in [6, 6.07) is 14.7. The number of hydrogen-bond donors (Lipinski definition) is 0. The van der Waals surface area contributed by atoms with Crippen molar-refractivity contribution in [2.24, 2.45) is 0 Å². The van der Waals surface area contributed by atoms with Crippen LogP contribution < -0.4 is 0 Å². The van der Waals surface area contributed by atoms with Crippen LogP contribution in [0.2, 0.25) is 0 Å². The number of sulfonamides is 1. The lowest BCUT2D eigenvalue weighted by Gasteiger charge is -2.35. The van der Waals surface area contributed by atoms with Crippen molar-refractivity contribution < 1.29 is 17.6 Å². The van der Waals surface area contributed by atoms with E-state index in [0.717, 1.165) is 5.56 Å². The molecular weight excluding hydrogens is 393 g/mol. The van der Waals surface area contributed by atoms with Crippen LogP contribution in [-0.2, 0) is 16.6 Å². The van der Waals surface area contributed by atoms with Crippen molar-refractivity contribution in [3.8, 4) is 0 Å². The average Bonchev–Trinajstić information content (AvgIpc) is 3.10. The molecule has 2 aliphatic rings. The molecule has 0 spiro atoms. The smallest absolute Gasteiger partial charge is 0.320 e. The van der Waals surface area contributed by atoms with E-state index in [0.29, 0.717) is 50.5 Å². The van der Waals surface area contributed by atoms with Crippen LogP contribution in [-0.4, -0.2) is 60.8 Å². The lowest BCUT2D eigenvalue weighted by molar-refractivity contribution is 0.153. The number of benzene rings is 2. The second-order valence-electron chi connectivity index (χ2n) is 7.47. The Balaban J connectivity index is 1.35. The highest BCUT2D eigenvalue weighted by Crippen LogP contribution is 2.26. The van der Waals surface area contributed by atoms with Crippen LogP contribution in [0, 0.1) is 5.82 Å². The largest absolute Gasteiger partial charge is 0.320 e. The summed E-state index contributed by atoms with van der Waals surface area (Å²) in [5.74, 6) is -0.291. The predicted molar refractivity (Wildman–Crippen MR) is 107 cm³/mol. The Labute approximate surface area is 170 Å². The summed E-state index contributed by atoms with van der Waals surface area (Å²) in [6.45, 7) is 2.53. The molecule has 0 saturated carbocycles. The normalized spacial score (nSPS) is 19.1. The molecule has 4 rings (SSSR count). The standard InChI is InChI=1S/C21H24FN3O3S/c22-18-8-6-17(7-9-18)16-23-14-15-25(21(23)26)19-10-12-24(13-11-19)29(27,28)20-4-2-1-3-5-20/h1-9,19H,10-16H2. The van der Waals surface area contributed by atoms with Gasteiger partial charge in [0.1, 0.15) is 5.82 Å². The van der Waals surface area contributed by atoms with Crippen LogP contribution in [0.3, 0.4) is 0 Å². The van der Waals surface area contributed by atoms with Gasteiger partial charge in [0.2, 0.25) is 10.0 Å². The van der Waals surface area contributed by atoms with Gasteiger partial charge in [-0.15, -0.1) is 0 Å². The fourth-order valence-electron chi connectivity index (χ4n) is 4.03. The number of nitrogens with zero attached hydrogens (tertiary/aromatic N) is 3. The highest BCUT2D eigenvalue weighted by atomic mass is 32.2. The van der Waals surface area contributed by atoms with E-state index in [1.165, 1.54) is 16.4 Å². The molecule has 0 unspecified atom stereocenters. The average molecular weight is 418 g/mol. The minimum Gasteiger partial charge on any atom is -0.320 e. The van der Waals surface area contributed by atoms with Gasteiger partial charge in [-0.25, -0.2) is 17.6 Å². The van der Waals surface area contributed by atoms with E-state index in [1.54, 1.807) is 47.4 Å². The lowest BCUT2D eigenvalue weighted by Crippen LogP contribution is -2.47. The third-order valence-corrected chi connectivity index (χ3v) is 7.57. The maximum Gasteiger partial charge on any atom is 0.320 e. The van der Waals surface area contributed by atoms with Crippen LogP contribution >= 0.6 is 0 Å². The van der Waals surface area contributed by atoms with Crippen LogP contribution in [0.5, 0.6) is 0 Å². The van der Waals surface area contributed by atoms with Crippen molar-refractivity contribution in [1.29, 1.82) is 0 Å². The minimum atomic E-state index is -3.49. The Morgan fingerprint density at radius 2 is 1.55 bits per heavy atom. The first-order chi connectivity index (χ1) is 13.9. The molecule has 2 saturated heterocycles. The molecule has 2 fully saturated rings. The zero-order valence-corrected chi connectivity index (χ0v) is 16.9. The van der Waals surface area contributed by atoms with Crippen molar-refractivity contribution in [3.63, 3.8) is 0 Å². The summed E-state index contributed by atoms with van der Waals surface area (Å²) in [5, 5.41) is 0. The minimum absolute atomic E-state index is 0.0290. The maximum absolute atomic E-state index is 13.1. The van der Waals surface area contributed by atoms with Crippen molar-refractivity contribution in [2.45, 2.75) is 30.3 Å². The summed E-state index contributed by atoms with van der Waals surface area (Å²) >= 11 is 0. The quantitative estimate of drug-likeness (QED) is 0.752. The predicted octanol–water partition coefficient (Wildman–Crippen LogP) is 2.92. The molecule has 2 heterocycles. The molecule has 154 valence electrons. The fourth-order valence-corrected chi connectivity index (χ4v) is 5.52. The van der Waals surface area contributed by atoms with Crippen molar-refractivity contribution in [1.82, 2.24) is 14.1 Å². The lowest BCUT2D eigenvalue weighted by atomic mass is 10.1. The molecule has 6 nitrogen and oxygen atoms in total. The van der Waals surface area contributed by atoms with E-state index in [9.17, 15) is 17.6 Å². The van der Waals surface area contributed by atoms with Gasteiger partial charge in [-0.05, 0) is 42.7 Å². The first-order valence-electron chi connectivity index (χ1n) is 9.80. The third kappa shape index (κ3) is 4.13. The number of rotatable bonds is 5. The van der Waals surface area contributed by atoms with Gasteiger partial charge in [0, 0.05) is 38.8 Å². The number of hydrogen-bond acceptors (Lipinski definition) is 3. The van der Waals surface area contributed by atoms with E-state index in [2.05, 4.69) is 0 Å². The van der Waals surface area contributed by atoms with E-state index in [-0.39, 0.29) is 17.9 Å². The molecule has 0 aliphatic carbocycles. The zero-order valence-electron chi connectivity index (χ0n) is 16.1. The SMILES string of the molecule is O=C1N(Cc2ccc(F)cc2)CCN1C1CCN(S(=O)(=O)c2ccccc2)CC1. The Kier molecular flexibility index (Phi) is 5.56. The molecule has 8 heteroatoms. The monoisotopic (exact) mass is 417 g/mol.